The molecule has 2 amide bonds. The van der Waals surface area contributed by atoms with Gasteiger partial charge in [-0.3, -0.25) is 9.59 Å². The van der Waals surface area contributed by atoms with E-state index in [0.29, 0.717) is 30.2 Å². The molecule has 0 aromatic rings. The van der Waals surface area contributed by atoms with E-state index < -0.39 is 12.0 Å². The third-order valence-corrected chi connectivity index (χ3v) is 3.50. The summed E-state index contributed by atoms with van der Waals surface area (Å²) in [7, 11) is 0. The van der Waals surface area contributed by atoms with Crippen molar-refractivity contribution in [2.45, 2.75) is 25.3 Å². The first-order valence-electron chi connectivity index (χ1n) is 5.42. The van der Waals surface area contributed by atoms with Crippen molar-refractivity contribution in [3.63, 3.8) is 0 Å². The minimum absolute atomic E-state index is 0.0244. The number of amides is 2. The second kappa shape index (κ2) is 10.8. The molecule has 18 heavy (non-hydrogen) atoms. The number of hydrogen-bond acceptors (Lipinski definition) is 3. The number of hydrogen-bond donors (Lipinski definition) is 3. The zero-order chi connectivity index (χ0) is 14.0. The molecule has 0 rings (SSSR count). The molecule has 0 aliphatic heterocycles. The largest absolute Gasteiger partial charge is 0.480 e. The van der Waals surface area contributed by atoms with Crippen LogP contribution in [0, 0.1) is 0 Å². The monoisotopic (exact) mass is 482 g/mol. The molecule has 3 N–H and O–H groups in total. The van der Waals surface area contributed by atoms with Crippen LogP contribution in [0.1, 0.15) is 19.3 Å². The zero-order valence-corrected chi connectivity index (χ0v) is 14.1. The second-order valence-electron chi connectivity index (χ2n) is 3.57. The van der Waals surface area contributed by atoms with E-state index in [1.165, 1.54) is 0 Å². The second-order valence-corrected chi connectivity index (χ2v) is 5.10. The van der Waals surface area contributed by atoms with Crippen molar-refractivity contribution in [1.29, 1.82) is 0 Å². The van der Waals surface area contributed by atoms with Gasteiger partial charge in [0.25, 0.3) is 0 Å². The maximum atomic E-state index is 11.1. The molecule has 0 radical (unpaired) electrons. The van der Waals surface area contributed by atoms with Crippen LogP contribution < -0.4 is 10.6 Å². The van der Waals surface area contributed by atoms with Crippen LogP contribution in [0.2, 0.25) is 0 Å². The molecule has 1 unspecified atom stereocenters. The summed E-state index contributed by atoms with van der Waals surface area (Å²) >= 11 is 3.85. The van der Waals surface area contributed by atoms with Gasteiger partial charge >= 0.3 is 5.97 Å². The molecule has 0 aromatic heterocycles. The maximum absolute atomic E-state index is 11.1. The summed E-state index contributed by atoms with van der Waals surface area (Å²) < 4.78 is 0.661. The van der Waals surface area contributed by atoms with Gasteiger partial charge in [0.15, 0.2) is 0 Å². The zero-order valence-electron chi connectivity index (χ0n) is 9.75. The van der Waals surface area contributed by atoms with Gasteiger partial charge in [0.2, 0.25) is 11.8 Å². The summed E-state index contributed by atoms with van der Waals surface area (Å²) in [6, 6.07) is -0.840. The molecule has 0 saturated carbocycles. The summed E-state index contributed by atoms with van der Waals surface area (Å²) in [4.78, 5) is 32.9. The van der Waals surface area contributed by atoms with Crippen LogP contribution in [0.15, 0.2) is 0 Å². The normalized spacial score (nSPS) is 11.7. The number of unbranched alkanes of at least 4 members (excludes halogenated alkanes) is 1. The number of aliphatic carboxylic acids is 1. The molecule has 0 bridgehead atoms. The standard InChI is InChI=1S/C10H16I2N2O4/c11-5-8(15)13-4-2-1-3-7(10(17)18)14-9(16)6-12/h7H,1-6H2,(H,13,15)(H,14,16)(H,17,18). The van der Waals surface area contributed by atoms with Crippen LogP contribution in [-0.2, 0) is 14.4 Å². The van der Waals surface area contributed by atoms with E-state index >= 15 is 0 Å². The predicted octanol–water partition coefficient (Wildman–Crippen LogP) is 0.712. The number of nitrogens with one attached hydrogen (secondary N) is 2. The van der Waals surface area contributed by atoms with Crippen molar-refractivity contribution in [2.24, 2.45) is 0 Å². The van der Waals surface area contributed by atoms with Crippen molar-refractivity contribution in [3.8, 4) is 0 Å². The average molecular weight is 482 g/mol. The highest BCUT2D eigenvalue weighted by Crippen LogP contribution is 2.01. The van der Waals surface area contributed by atoms with Gasteiger partial charge in [0.05, 0.1) is 8.86 Å². The summed E-state index contributed by atoms with van der Waals surface area (Å²) in [5.41, 5.74) is 0. The first-order valence-corrected chi connectivity index (χ1v) is 8.47. The highest BCUT2D eigenvalue weighted by atomic mass is 127. The first-order chi connectivity index (χ1) is 8.51. The molecular formula is C10H16I2N2O4. The lowest BCUT2D eigenvalue weighted by molar-refractivity contribution is -0.141. The van der Waals surface area contributed by atoms with Crippen LogP contribution >= 0.6 is 45.2 Å². The van der Waals surface area contributed by atoms with Gasteiger partial charge in [-0.1, -0.05) is 45.2 Å². The highest BCUT2D eigenvalue weighted by Gasteiger charge is 2.18. The van der Waals surface area contributed by atoms with Crippen molar-refractivity contribution in [2.75, 3.05) is 15.4 Å². The Balaban J connectivity index is 3.81. The fourth-order valence-corrected chi connectivity index (χ4v) is 1.73. The Bertz CT molecular complexity index is 300. The smallest absolute Gasteiger partial charge is 0.326 e. The van der Waals surface area contributed by atoms with Gasteiger partial charge in [-0.15, -0.1) is 0 Å². The average Bonchev–Trinajstić information content (AvgIpc) is 2.35. The Morgan fingerprint density at radius 3 is 2.17 bits per heavy atom. The van der Waals surface area contributed by atoms with Crippen LogP contribution in [0.25, 0.3) is 0 Å². The molecule has 8 heteroatoms. The first kappa shape index (κ1) is 17.9. The van der Waals surface area contributed by atoms with E-state index in [1.807, 2.05) is 45.2 Å². The Labute approximate surface area is 133 Å². The molecule has 6 nitrogen and oxygen atoms in total. The Hall–Kier alpha value is -0.130. The van der Waals surface area contributed by atoms with Crippen molar-refractivity contribution >= 4 is 63.0 Å². The number of rotatable bonds is 9. The van der Waals surface area contributed by atoms with Gasteiger partial charge in [-0.2, -0.15) is 0 Å². The van der Waals surface area contributed by atoms with Crippen LogP contribution in [-0.4, -0.2) is 44.3 Å². The summed E-state index contributed by atoms with van der Waals surface area (Å²) in [5.74, 6) is -1.32. The molecule has 0 heterocycles. The Morgan fingerprint density at radius 2 is 1.67 bits per heavy atom. The molecule has 1 atom stereocenters. The summed E-state index contributed by atoms with van der Waals surface area (Å²) in [5, 5.41) is 14.1. The van der Waals surface area contributed by atoms with E-state index in [9.17, 15) is 14.4 Å². The number of carboxylic acid groups (broad SMARTS) is 1. The number of alkyl halides is 2. The van der Waals surface area contributed by atoms with Crippen LogP contribution in [0.5, 0.6) is 0 Å². The fraction of sp³-hybridized carbons (Fsp3) is 0.700. The maximum Gasteiger partial charge on any atom is 0.326 e. The molecule has 0 saturated heterocycles. The molecule has 0 aliphatic rings. The minimum Gasteiger partial charge on any atom is -0.480 e. The van der Waals surface area contributed by atoms with Gasteiger partial charge in [-0.05, 0) is 19.3 Å². The topological polar surface area (TPSA) is 95.5 Å². The van der Waals surface area contributed by atoms with Crippen molar-refractivity contribution in [1.82, 2.24) is 10.6 Å². The van der Waals surface area contributed by atoms with Gasteiger partial charge in [0, 0.05) is 6.54 Å². The molecule has 0 spiro atoms. The van der Waals surface area contributed by atoms with Gasteiger partial charge < -0.3 is 15.7 Å². The Morgan fingerprint density at radius 1 is 1.06 bits per heavy atom. The number of carbonyl (C=O) groups is 3. The Kier molecular flexibility index (Phi) is 10.7. The molecule has 0 aliphatic carbocycles. The van der Waals surface area contributed by atoms with Gasteiger partial charge in [-0.25, -0.2) is 4.79 Å². The van der Waals surface area contributed by atoms with E-state index in [4.69, 9.17) is 5.11 Å². The van der Waals surface area contributed by atoms with Crippen LogP contribution in [0.3, 0.4) is 0 Å². The SMILES string of the molecule is O=C(CI)NCCCCC(NC(=O)CI)C(=O)O. The molecular weight excluding hydrogens is 466 g/mol. The van der Waals surface area contributed by atoms with Crippen LogP contribution in [0.4, 0.5) is 0 Å². The third-order valence-electron chi connectivity index (χ3n) is 2.12. The van der Waals surface area contributed by atoms with E-state index in [-0.39, 0.29) is 16.2 Å². The van der Waals surface area contributed by atoms with Crippen molar-refractivity contribution < 1.29 is 19.5 Å². The minimum atomic E-state index is -1.02. The van der Waals surface area contributed by atoms with Crippen molar-refractivity contribution in [3.05, 3.63) is 0 Å². The fourth-order valence-electron chi connectivity index (χ4n) is 1.24. The lowest BCUT2D eigenvalue weighted by Gasteiger charge is -2.13. The summed E-state index contributed by atoms with van der Waals surface area (Å²) in [6.07, 6.45) is 1.71. The molecule has 0 fully saturated rings. The van der Waals surface area contributed by atoms with Gasteiger partial charge in [0.1, 0.15) is 6.04 Å². The van der Waals surface area contributed by atoms with E-state index in [2.05, 4.69) is 10.6 Å². The lowest BCUT2D eigenvalue weighted by atomic mass is 10.1. The molecule has 104 valence electrons. The number of carbonyl (C=O) groups excluding carboxylic acids is 2. The van der Waals surface area contributed by atoms with E-state index in [1.54, 1.807) is 0 Å². The highest BCUT2D eigenvalue weighted by molar-refractivity contribution is 14.1. The number of halogens is 2. The lowest BCUT2D eigenvalue weighted by Crippen LogP contribution is -2.41. The molecule has 0 aromatic carbocycles. The number of carboxylic acids is 1. The third kappa shape index (κ3) is 8.89. The van der Waals surface area contributed by atoms with E-state index in [0.717, 1.165) is 0 Å². The predicted molar refractivity (Wildman–Crippen MR) is 84.2 cm³/mol. The summed E-state index contributed by atoms with van der Waals surface area (Å²) in [6.45, 7) is 0.536. The quantitative estimate of drug-likeness (QED) is 0.257.